The van der Waals surface area contributed by atoms with Gasteiger partial charge in [-0.25, -0.2) is 0 Å². The summed E-state index contributed by atoms with van der Waals surface area (Å²) in [7, 11) is 0. The minimum atomic E-state index is -1.56. The summed E-state index contributed by atoms with van der Waals surface area (Å²) >= 11 is 0. The highest BCUT2D eigenvalue weighted by Crippen LogP contribution is 2.23. The Labute approximate surface area is 346 Å². The summed E-state index contributed by atoms with van der Waals surface area (Å²) in [6.45, 7) is 3.64. The van der Waals surface area contributed by atoms with Gasteiger partial charge in [0.05, 0.1) is 25.4 Å². The van der Waals surface area contributed by atoms with Gasteiger partial charge in [0, 0.05) is 6.42 Å². The molecule has 1 rings (SSSR count). The zero-order valence-electron chi connectivity index (χ0n) is 35.6. The first kappa shape index (κ1) is 52.4. The van der Waals surface area contributed by atoms with Crippen molar-refractivity contribution in [1.82, 2.24) is 5.32 Å². The van der Waals surface area contributed by atoms with Crippen LogP contribution in [0.1, 0.15) is 155 Å². The van der Waals surface area contributed by atoms with E-state index in [0.717, 1.165) is 89.9 Å². The third-order valence-corrected chi connectivity index (χ3v) is 10.0. The Balaban J connectivity index is 2.32. The first-order valence-electron chi connectivity index (χ1n) is 22.3. The van der Waals surface area contributed by atoms with Crippen LogP contribution in [-0.2, 0) is 14.3 Å². The normalized spacial score (nSPS) is 21.8. The maximum Gasteiger partial charge on any atom is 0.220 e. The van der Waals surface area contributed by atoms with Crippen LogP contribution in [0.5, 0.6) is 0 Å². The largest absolute Gasteiger partial charge is 0.394 e. The Kier molecular flexibility index (Phi) is 34.6. The number of hydrogen-bond acceptors (Lipinski definition) is 8. The van der Waals surface area contributed by atoms with Crippen LogP contribution in [-0.4, -0.2) is 87.5 Å². The van der Waals surface area contributed by atoms with Crippen molar-refractivity contribution in [3.8, 4) is 0 Å². The molecule has 1 heterocycles. The fourth-order valence-electron chi connectivity index (χ4n) is 6.43. The summed E-state index contributed by atoms with van der Waals surface area (Å²) in [5, 5.41) is 54.1. The molecule has 0 aromatic heterocycles. The molecular weight excluding hydrogens is 719 g/mol. The molecule has 6 N–H and O–H groups in total. The Morgan fingerprint density at radius 2 is 1.09 bits per heavy atom. The number of rotatable bonds is 35. The van der Waals surface area contributed by atoms with E-state index in [1.807, 2.05) is 0 Å². The van der Waals surface area contributed by atoms with Crippen molar-refractivity contribution in [2.75, 3.05) is 13.2 Å². The highest BCUT2D eigenvalue weighted by Gasteiger charge is 2.44. The monoisotopic (exact) mass is 800 g/mol. The number of unbranched alkanes of at least 4 members (excludes halogenated alkanes) is 11. The lowest BCUT2D eigenvalue weighted by atomic mass is 9.99. The molecule has 0 spiro atoms. The molecule has 0 bridgehead atoms. The van der Waals surface area contributed by atoms with Crippen molar-refractivity contribution in [2.45, 2.75) is 198 Å². The highest BCUT2D eigenvalue weighted by atomic mass is 16.7. The van der Waals surface area contributed by atoms with Gasteiger partial charge in [-0.1, -0.05) is 163 Å². The third-order valence-electron chi connectivity index (χ3n) is 10.0. The van der Waals surface area contributed by atoms with Gasteiger partial charge in [-0.05, 0) is 70.6 Å². The number of allylic oxidation sites excluding steroid dienone is 14. The van der Waals surface area contributed by atoms with E-state index in [-0.39, 0.29) is 12.5 Å². The van der Waals surface area contributed by atoms with Crippen LogP contribution < -0.4 is 5.32 Å². The van der Waals surface area contributed by atoms with E-state index in [9.17, 15) is 30.3 Å². The number of nitrogens with one attached hydrogen (secondary N) is 1. The Morgan fingerprint density at radius 1 is 0.614 bits per heavy atom. The van der Waals surface area contributed by atoms with E-state index in [1.165, 1.54) is 38.5 Å². The highest BCUT2D eigenvalue weighted by molar-refractivity contribution is 5.76. The molecule has 1 fully saturated rings. The molecule has 7 unspecified atom stereocenters. The number of aliphatic hydroxyl groups excluding tert-OH is 5. The molecule has 0 aromatic rings. The fourth-order valence-corrected chi connectivity index (χ4v) is 6.43. The van der Waals surface area contributed by atoms with Gasteiger partial charge >= 0.3 is 0 Å². The lowest BCUT2D eigenvalue weighted by Crippen LogP contribution is -2.60. The summed E-state index contributed by atoms with van der Waals surface area (Å²) in [4.78, 5) is 12.9. The molecule has 1 aliphatic rings. The first-order valence-corrected chi connectivity index (χ1v) is 22.3. The van der Waals surface area contributed by atoms with E-state index in [1.54, 1.807) is 0 Å². The molecule has 0 aromatic carbocycles. The SMILES string of the molecule is CC/C=C\C/C=C\C/C=C\C/C=C\C/C=C\C/C=C\C/C=C\CCCCCC(=O)NC(COC1OC(CO)C(O)C(O)C1O)C(O)CCCCCCCCCCC. The van der Waals surface area contributed by atoms with E-state index in [4.69, 9.17) is 9.47 Å². The smallest absolute Gasteiger partial charge is 0.220 e. The van der Waals surface area contributed by atoms with Gasteiger partial charge in [0.1, 0.15) is 24.4 Å². The van der Waals surface area contributed by atoms with Crippen LogP contribution in [0, 0.1) is 0 Å². The van der Waals surface area contributed by atoms with E-state index in [0.29, 0.717) is 12.8 Å². The minimum Gasteiger partial charge on any atom is -0.394 e. The van der Waals surface area contributed by atoms with Gasteiger partial charge in [-0.3, -0.25) is 4.79 Å². The first-order chi connectivity index (χ1) is 27.8. The van der Waals surface area contributed by atoms with Crippen molar-refractivity contribution >= 4 is 5.91 Å². The number of ether oxygens (including phenoxy) is 2. The standard InChI is InChI=1S/C48H81NO8/c1-3-5-7-9-11-13-14-15-16-17-18-19-20-21-22-23-24-25-26-27-28-30-32-34-36-38-44(52)49-41(42(51)37-35-33-31-29-12-10-8-6-4-2)40-56-48-47(55)46(54)45(53)43(39-50)57-48/h5,7,11,13,15-16,18-19,21-22,24-25,27-28,41-43,45-48,50-51,53-55H,3-4,6,8-10,12,14,17,20,23,26,29-40H2,1-2H3,(H,49,52)/b7-5-,13-11-,16-15-,19-18-,22-21-,25-24-,28-27-. The van der Waals surface area contributed by atoms with Crippen LogP contribution >= 0.6 is 0 Å². The molecule has 1 amide bonds. The molecule has 1 aliphatic heterocycles. The van der Waals surface area contributed by atoms with Crippen molar-refractivity contribution in [1.29, 1.82) is 0 Å². The summed E-state index contributed by atoms with van der Waals surface area (Å²) in [6, 6.07) is -0.740. The number of carbonyl (C=O) groups is 1. The summed E-state index contributed by atoms with van der Waals surface area (Å²) in [5.74, 6) is -0.184. The summed E-state index contributed by atoms with van der Waals surface area (Å²) < 4.78 is 11.2. The lowest BCUT2D eigenvalue weighted by Gasteiger charge is -2.40. The molecule has 9 heteroatoms. The second-order valence-corrected chi connectivity index (χ2v) is 15.1. The van der Waals surface area contributed by atoms with Crippen LogP contribution in [0.15, 0.2) is 85.1 Å². The van der Waals surface area contributed by atoms with E-state index in [2.05, 4.69) is 104 Å². The van der Waals surface area contributed by atoms with Gasteiger partial charge < -0.3 is 40.3 Å². The predicted octanol–water partition coefficient (Wildman–Crippen LogP) is 9.16. The molecule has 7 atom stereocenters. The average molecular weight is 800 g/mol. The van der Waals surface area contributed by atoms with Gasteiger partial charge in [0.2, 0.25) is 5.91 Å². The van der Waals surface area contributed by atoms with E-state index < -0.39 is 49.5 Å². The molecular formula is C48H81NO8. The zero-order valence-corrected chi connectivity index (χ0v) is 35.6. The summed E-state index contributed by atoms with van der Waals surface area (Å²) in [6.07, 6.45) is 44.6. The molecule has 57 heavy (non-hydrogen) atoms. The van der Waals surface area contributed by atoms with E-state index >= 15 is 0 Å². The maximum atomic E-state index is 12.9. The average Bonchev–Trinajstić information content (AvgIpc) is 3.21. The van der Waals surface area contributed by atoms with Crippen molar-refractivity contribution in [3.63, 3.8) is 0 Å². The maximum absolute atomic E-state index is 12.9. The van der Waals surface area contributed by atoms with Gasteiger partial charge in [0.25, 0.3) is 0 Å². The lowest BCUT2D eigenvalue weighted by molar-refractivity contribution is -0.302. The summed E-state index contributed by atoms with van der Waals surface area (Å²) in [5.41, 5.74) is 0. The molecule has 326 valence electrons. The Morgan fingerprint density at radius 3 is 1.60 bits per heavy atom. The Hall–Kier alpha value is -2.63. The number of aliphatic hydroxyl groups is 5. The van der Waals surface area contributed by atoms with Crippen LogP contribution in [0.2, 0.25) is 0 Å². The quantitative estimate of drug-likeness (QED) is 0.0275. The van der Waals surface area contributed by atoms with Crippen molar-refractivity contribution in [2.24, 2.45) is 0 Å². The fraction of sp³-hybridized carbons (Fsp3) is 0.688. The minimum absolute atomic E-state index is 0.158. The third kappa shape index (κ3) is 28.4. The molecule has 0 aliphatic carbocycles. The van der Waals surface area contributed by atoms with Gasteiger partial charge in [-0.2, -0.15) is 0 Å². The molecule has 1 saturated heterocycles. The van der Waals surface area contributed by atoms with Crippen LogP contribution in [0.25, 0.3) is 0 Å². The van der Waals surface area contributed by atoms with Crippen LogP contribution in [0.3, 0.4) is 0 Å². The molecule has 9 nitrogen and oxygen atoms in total. The Bertz CT molecular complexity index is 1160. The molecule has 0 saturated carbocycles. The number of carbonyl (C=O) groups excluding carboxylic acids is 1. The second kappa shape index (κ2) is 37.6. The number of amides is 1. The van der Waals surface area contributed by atoms with Gasteiger partial charge in [-0.15, -0.1) is 0 Å². The predicted molar refractivity (Wildman–Crippen MR) is 235 cm³/mol. The second-order valence-electron chi connectivity index (χ2n) is 15.1. The zero-order chi connectivity index (χ0) is 41.6. The topological polar surface area (TPSA) is 149 Å². The van der Waals surface area contributed by atoms with Crippen molar-refractivity contribution in [3.05, 3.63) is 85.1 Å². The van der Waals surface area contributed by atoms with Gasteiger partial charge in [0.15, 0.2) is 6.29 Å². The van der Waals surface area contributed by atoms with Crippen LogP contribution in [0.4, 0.5) is 0 Å². The molecule has 0 radical (unpaired) electrons. The van der Waals surface area contributed by atoms with Crippen molar-refractivity contribution < 1.29 is 39.8 Å². The number of hydrogen-bond donors (Lipinski definition) is 6.